The minimum atomic E-state index is -0.805. The average molecular weight is 285 g/mol. The SMILES string of the molecule is CC(C)(C)OC(=O)NC1CC2(CCOCC2C(=O)O)C1. The molecule has 2 aliphatic rings. The maximum Gasteiger partial charge on any atom is 0.407 e. The van der Waals surface area contributed by atoms with Crippen LogP contribution in [0.1, 0.15) is 40.0 Å². The molecule has 1 unspecified atom stereocenters. The van der Waals surface area contributed by atoms with E-state index >= 15 is 0 Å². The number of hydrogen-bond donors (Lipinski definition) is 2. The van der Waals surface area contributed by atoms with Crippen LogP contribution in [0.25, 0.3) is 0 Å². The zero-order chi connectivity index (χ0) is 15.0. The van der Waals surface area contributed by atoms with Crippen LogP contribution in [0.3, 0.4) is 0 Å². The zero-order valence-corrected chi connectivity index (χ0v) is 12.3. The summed E-state index contributed by atoms with van der Waals surface area (Å²) in [4.78, 5) is 23.0. The predicted molar refractivity (Wildman–Crippen MR) is 71.4 cm³/mol. The first-order chi connectivity index (χ1) is 9.22. The van der Waals surface area contributed by atoms with E-state index in [0.717, 1.165) is 6.42 Å². The van der Waals surface area contributed by atoms with Gasteiger partial charge in [-0.25, -0.2) is 4.79 Å². The van der Waals surface area contributed by atoms with Crippen LogP contribution in [0.2, 0.25) is 0 Å². The number of aliphatic carboxylic acids is 1. The lowest BCUT2D eigenvalue weighted by Crippen LogP contribution is -2.58. The van der Waals surface area contributed by atoms with Crippen LogP contribution in [0, 0.1) is 11.3 Å². The molecule has 2 N–H and O–H groups in total. The van der Waals surface area contributed by atoms with Crippen molar-refractivity contribution in [3.63, 3.8) is 0 Å². The maximum atomic E-state index is 11.7. The number of carboxylic acids is 1. The number of hydrogen-bond acceptors (Lipinski definition) is 4. The quantitative estimate of drug-likeness (QED) is 0.808. The second kappa shape index (κ2) is 5.24. The third-order valence-corrected chi connectivity index (χ3v) is 4.09. The Morgan fingerprint density at radius 3 is 2.55 bits per heavy atom. The van der Waals surface area contributed by atoms with Crippen molar-refractivity contribution in [2.45, 2.75) is 51.7 Å². The van der Waals surface area contributed by atoms with Gasteiger partial charge in [-0.05, 0) is 45.4 Å². The molecule has 2 fully saturated rings. The Balaban J connectivity index is 1.86. The van der Waals surface area contributed by atoms with Crippen molar-refractivity contribution in [1.82, 2.24) is 5.32 Å². The second-order valence-corrected chi connectivity index (χ2v) is 6.83. The van der Waals surface area contributed by atoms with Gasteiger partial charge in [0.15, 0.2) is 0 Å². The molecule has 0 radical (unpaired) electrons. The summed E-state index contributed by atoms with van der Waals surface area (Å²) in [6.45, 7) is 6.31. The van der Waals surface area contributed by atoms with E-state index in [2.05, 4.69) is 5.32 Å². The van der Waals surface area contributed by atoms with E-state index in [0.29, 0.717) is 19.4 Å². The first-order valence-electron chi connectivity index (χ1n) is 7.02. The number of ether oxygens (including phenoxy) is 2. The van der Waals surface area contributed by atoms with Crippen molar-refractivity contribution in [3.8, 4) is 0 Å². The maximum absolute atomic E-state index is 11.7. The Kier molecular flexibility index (Phi) is 3.95. The van der Waals surface area contributed by atoms with E-state index in [1.807, 2.05) is 20.8 Å². The second-order valence-electron chi connectivity index (χ2n) is 6.83. The van der Waals surface area contributed by atoms with Crippen molar-refractivity contribution < 1.29 is 24.2 Å². The summed E-state index contributed by atoms with van der Waals surface area (Å²) in [6.07, 6.45) is 1.69. The van der Waals surface area contributed by atoms with Gasteiger partial charge in [0.25, 0.3) is 0 Å². The van der Waals surface area contributed by atoms with Crippen molar-refractivity contribution in [2.24, 2.45) is 11.3 Å². The van der Waals surface area contributed by atoms with Crippen LogP contribution >= 0.6 is 0 Å². The summed E-state index contributed by atoms with van der Waals surface area (Å²) in [5, 5.41) is 12.1. The molecule has 6 heteroatoms. The van der Waals surface area contributed by atoms with Gasteiger partial charge in [0.1, 0.15) is 5.60 Å². The Hall–Kier alpha value is -1.30. The third-order valence-electron chi connectivity index (χ3n) is 4.09. The molecule has 1 amide bonds. The minimum absolute atomic E-state index is 0.00444. The Bertz CT molecular complexity index is 395. The average Bonchev–Trinajstić information content (AvgIpc) is 2.24. The Morgan fingerprint density at radius 1 is 1.35 bits per heavy atom. The molecule has 1 atom stereocenters. The fourth-order valence-electron chi connectivity index (χ4n) is 3.15. The van der Waals surface area contributed by atoms with Crippen molar-refractivity contribution in [1.29, 1.82) is 0 Å². The van der Waals surface area contributed by atoms with Gasteiger partial charge >= 0.3 is 12.1 Å². The fraction of sp³-hybridized carbons (Fsp3) is 0.857. The summed E-state index contributed by atoms with van der Waals surface area (Å²) in [6, 6.07) is 0.00444. The van der Waals surface area contributed by atoms with Crippen molar-refractivity contribution >= 4 is 12.1 Å². The highest BCUT2D eigenvalue weighted by atomic mass is 16.6. The topological polar surface area (TPSA) is 84.9 Å². The molecular weight excluding hydrogens is 262 g/mol. The van der Waals surface area contributed by atoms with E-state index in [1.54, 1.807) is 0 Å². The van der Waals surface area contributed by atoms with E-state index in [1.165, 1.54) is 0 Å². The first-order valence-corrected chi connectivity index (χ1v) is 7.02. The summed E-state index contributed by atoms with van der Waals surface area (Å²) in [5.74, 6) is -1.27. The van der Waals surface area contributed by atoms with Gasteiger partial charge in [0.2, 0.25) is 0 Å². The molecule has 6 nitrogen and oxygen atoms in total. The lowest BCUT2D eigenvalue weighted by molar-refractivity contribution is -0.165. The highest BCUT2D eigenvalue weighted by molar-refractivity contribution is 5.72. The van der Waals surface area contributed by atoms with Crippen LogP contribution in [0.5, 0.6) is 0 Å². The molecule has 1 spiro atoms. The molecule has 0 aromatic carbocycles. The van der Waals surface area contributed by atoms with E-state index in [9.17, 15) is 14.7 Å². The monoisotopic (exact) mass is 285 g/mol. The van der Waals surface area contributed by atoms with Gasteiger partial charge in [-0.3, -0.25) is 4.79 Å². The van der Waals surface area contributed by atoms with Crippen LogP contribution in [0.15, 0.2) is 0 Å². The number of nitrogens with one attached hydrogen (secondary N) is 1. The molecule has 1 aliphatic heterocycles. The van der Waals surface area contributed by atoms with Crippen LogP contribution in [-0.2, 0) is 14.3 Å². The highest BCUT2D eigenvalue weighted by Gasteiger charge is 2.54. The molecule has 1 heterocycles. The summed E-state index contributed by atoms with van der Waals surface area (Å²) in [7, 11) is 0. The van der Waals surface area contributed by atoms with Crippen molar-refractivity contribution in [3.05, 3.63) is 0 Å². The van der Waals surface area contributed by atoms with Crippen molar-refractivity contribution in [2.75, 3.05) is 13.2 Å². The van der Waals surface area contributed by atoms with Gasteiger partial charge in [-0.1, -0.05) is 0 Å². The number of amides is 1. The largest absolute Gasteiger partial charge is 0.481 e. The van der Waals surface area contributed by atoms with Gasteiger partial charge in [0, 0.05) is 12.6 Å². The standard InChI is InChI=1S/C14H23NO5/c1-13(2,3)20-12(18)15-9-6-14(7-9)4-5-19-8-10(14)11(16)17/h9-10H,4-8H2,1-3H3,(H,15,18)(H,16,17). The van der Waals surface area contributed by atoms with E-state index in [-0.39, 0.29) is 18.1 Å². The lowest BCUT2D eigenvalue weighted by atomic mass is 9.56. The summed E-state index contributed by atoms with van der Waals surface area (Å²) in [5.41, 5.74) is -0.739. The lowest BCUT2D eigenvalue weighted by Gasteiger charge is -2.53. The normalized spacial score (nSPS) is 33.4. The Labute approximate surface area is 118 Å². The third kappa shape index (κ3) is 3.23. The van der Waals surface area contributed by atoms with Gasteiger partial charge < -0.3 is 19.9 Å². The first kappa shape index (κ1) is 15.1. The smallest absolute Gasteiger partial charge is 0.407 e. The molecule has 2 rings (SSSR count). The summed E-state index contributed by atoms with van der Waals surface area (Å²) >= 11 is 0. The minimum Gasteiger partial charge on any atom is -0.481 e. The molecule has 0 bridgehead atoms. The van der Waals surface area contributed by atoms with Gasteiger partial charge in [-0.15, -0.1) is 0 Å². The predicted octanol–water partition coefficient (Wildman–Crippen LogP) is 1.78. The fourth-order valence-corrected chi connectivity index (χ4v) is 3.15. The molecule has 1 saturated heterocycles. The molecule has 114 valence electrons. The molecule has 0 aromatic heterocycles. The number of carbonyl (C=O) groups is 2. The Morgan fingerprint density at radius 2 is 2.00 bits per heavy atom. The highest BCUT2D eigenvalue weighted by Crippen LogP contribution is 2.52. The van der Waals surface area contributed by atoms with E-state index in [4.69, 9.17) is 9.47 Å². The molecule has 0 aromatic rings. The number of rotatable bonds is 2. The summed E-state index contributed by atoms with van der Waals surface area (Å²) < 4.78 is 10.5. The zero-order valence-electron chi connectivity index (χ0n) is 12.3. The molecular formula is C14H23NO5. The van der Waals surface area contributed by atoms with Crippen LogP contribution in [0.4, 0.5) is 4.79 Å². The number of carbonyl (C=O) groups excluding carboxylic acids is 1. The van der Waals surface area contributed by atoms with Gasteiger partial charge in [0.05, 0.1) is 12.5 Å². The van der Waals surface area contributed by atoms with Gasteiger partial charge in [-0.2, -0.15) is 0 Å². The van der Waals surface area contributed by atoms with Crippen LogP contribution in [-0.4, -0.2) is 42.0 Å². The van der Waals surface area contributed by atoms with E-state index < -0.39 is 23.6 Å². The number of alkyl carbamates (subject to hydrolysis) is 1. The van der Waals surface area contributed by atoms with Crippen LogP contribution < -0.4 is 5.32 Å². The number of carboxylic acid groups (broad SMARTS) is 1. The molecule has 20 heavy (non-hydrogen) atoms. The molecule has 1 saturated carbocycles. The molecule has 1 aliphatic carbocycles.